The molecule has 6 aromatic rings. The third-order valence-corrected chi connectivity index (χ3v) is 15.5. The maximum Gasteiger partial charge on any atom is 0.343 e. The Morgan fingerprint density at radius 3 is 0.988 bits per heavy atom. The molecular formula is C71H82O10. The number of carbonyl (C=O) groups is 4. The number of carbonyl (C=O) groups excluding carboxylic acids is 4. The van der Waals surface area contributed by atoms with Crippen molar-refractivity contribution in [3.05, 3.63) is 181 Å². The fraction of sp³-hybridized carbons (Fsp3) is 0.380. The molecular weight excluding hydrogens is 1010 g/mol. The van der Waals surface area contributed by atoms with Crippen molar-refractivity contribution in [3.63, 3.8) is 0 Å². The Labute approximate surface area is 480 Å². The SMILES string of the molecule is C=CC(=O)OCCCCCCCCCCCOc1ccc(C(=O)Oc2ccc(-c3ccc4c(c3)C(CC)(CC)c3cc(-c5ccc(OC(=O)c6ccc(OCCCCCCCCCCCOC(=O)C=C)cc6)cc5)ccc3-4)cc2)cc1. The lowest BCUT2D eigenvalue weighted by molar-refractivity contribution is -0.138. The molecule has 0 fully saturated rings. The van der Waals surface area contributed by atoms with Gasteiger partial charge in [-0.3, -0.25) is 0 Å². The zero-order chi connectivity index (χ0) is 57.1. The number of hydrogen-bond donors (Lipinski definition) is 0. The standard InChI is InChI=1S/C71H82O10/c1-5-67(72)78-49-25-21-17-13-9-11-15-19-23-47-76-59-37-31-55(32-38-59)69(74)80-61-41-27-53(28-42-61)57-35-45-63-64-46-36-58(52-66(64)71(7-3,8-4)65(63)51-57)54-29-43-62(44-30-54)81-70(75)56-33-39-60(40-34-56)77-48-24-20-16-12-10-14-18-22-26-50-79-68(73)6-2/h5-6,27-46,51-52H,1-2,7-26,47-50H2,3-4H3. The molecule has 1 aliphatic carbocycles. The van der Waals surface area contributed by atoms with Crippen LogP contribution in [0.15, 0.2) is 159 Å². The van der Waals surface area contributed by atoms with Crippen LogP contribution in [0.25, 0.3) is 33.4 Å². The molecule has 81 heavy (non-hydrogen) atoms. The number of unbranched alkanes of at least 4 members (excludes halogenated alkanes) is 16. The van der Waals surface area contributed by atoms with E-state index in [2.05, 4.69) is 63.4 Å². The first-order valence-electron chi connectivity index (χ1n) is 29.6. The van der Waals surface area contributed by atoms with Gasteiger partial charge in [-0.25, -0.2) is 19.2 Å². The topological polar surface area (TPSA) is 124 Å². The van der Waals surface area contributed by atoms with E-state index in [1.165, 1.54) is 85.8 Å². The lowest BCUT2D eigenvalue weighted by Crippen LogP contribution is -2.23. The van der Waals surface area contributed by atoms with E-state index >= 15 is 0 Å². The van der Waals surface area contributed by atoms with Gasteiger partial charge in [0.1, 0.15) is 23.0 Å². The van der Waals surface area contributed by atoms with Crippen molar-refractivity contribution < 1.29 is 47.6 Å². The second-order valence-electron chi connectivity index (χ2n) is 21.0. The first kappa shape index (κ1) is 60.9. The summed E-state index contributed by atoms with van der Waals surface area (Å²) in [7, 11) is 0. The number of ether oxygens (including phenoxy) is 6. The van der Waals surface area contributed by atoms with Crippen LogP contribution < -0.4 is 18.9 Å². The Morgan fingerprint density at radius 2 is 0.667 bits per heavy atom. The lowest BCUT2D eigenvalue weighted by atomic mass is 9.73. The van der Waals surface area contributed by atoms with Gasteiger partial charge < -0.3 is 28.4 Å². The molecule has 426 valence electrons. The van der Waals surface area contributed by atoms with Gasteiger partial charge >= 0.3 is 23.9 Å². The molecule has 0 aliphatic heterocycles. The Bertz CT molecular complexity index is 2750. The van der Waals surface area contributed by atoms with E-state index in [4.69, 9.17) is 28.4 Å². The molecule has 0 spiro atoms. The minimum atomic E-state index is -0.420. The van der Waals surface area contributed by atoms with Crippen LogP contribution in [0.5, 0.6) is 23.0 Å². The summed E-state index contributed by atoms with van der Waals surface area (Å²) in [5.41, 5.74) is 10.2. The predicted octanol–water partition coefficient (Wildman–Crippen LogP) is 17.8. The smallest absolute Gasteiger partial charge is 0.343 e. The normalized spacial score (nSPS) is 11.9. The Balaban J connectivity index is 0.827. The summed E-state index contributed by atoms with van der Waals surface area (Å²) in [6.45, 7) is 13.6. The zero-order valence-electron chi connectivity index (χ0n) is 47.8. The largest absolute Gasteiger partial charge is 0.494 e. The highest BCUT2D eigenvalue weighted by molar-refractivity contribution is 5.92. The molecule has 10 nitrogen and oxygen atoms in total. The first-order valence-corrected chi connectivity index (χ1v) is 29.6. The van der Waals surface area contributed by atoms with E-state index in [9.17, 15) is 19.2 Å². The van der Waals surface area contributed by atoms with Crippen molar-refractivity contribution in [3.8, 4) is 56.4 Å². The molecule has 10 heteroatoms. The van der Waals surface area contributed by atoms with Crippen molar-refractivity contribution in [2.24, 2.45) is 0 Å². The predicted molar refractivity (Wildman–Crippen MR) is 323 cm³/mol. The Morgan fingerprint density at radius 1 is 0.370 bits per heavy atom. The molecule has 6 aromatic carbocycles. The summed E-state index contributed by atoms with van der Waals surface area (Å²) in [6.07, 6.45) is 24.3. The van der Waals surface area contributed by atoms with Gasteiger partial charge in [-0.05, 0) is 168 Å². The van der Waals surface area contributed by atoms with E-state index in [0.29, 0.717) is 49.1 Å². The molecule has 0 heterocycles. The number of benzene rings is 6. The van der Waals surface area contributed by atoms with E-state index in [-0.39, 0.29) is 17.4 Å². The average molecular weight is 1100 g/mol. The zero-order valence-corrected chi connectivity index (χ0v) is 47.8. The third-order valence-electron chi connectivity index (χ3n) is 15.5. The molecule has 1 aliphatic rings. The van der Waals surface area contributed by atoms with Gasteiger partial charge in [-0.1, -0.05) is 165 Å². The maximum atomic E-state index is 13.2. The Hall–Kier alpha value is -7.72. The molecule has 0 atom stereocenters. The number of fused-ring (bicyclic) bond motifs is 3. The fourth-order valence-electron chi connectivity index (χ4n) is 10.7. The summed E-state index contributed by atoms with van der Waals surface area (Å²) in [5, 5.41) is 0. The molecule has 0 aromatic heterocycles. The summed E-state index contributed by atoms with van der Waals surface area (Å²) in [4.78, 5) is 48.5. The van der Waals surface area contributed by atoms with Crippen LogP contribution in [0.4, 0.5) is 0 Å². The van der Waals surface area contributed by atoms with Gasteiger partial charge in [0.25, 0.3) is 0 Å². The first-order chi connectivity index (χ1) is 39.6. The highest BCUT2D eigenvalue weighted by Crippen LogP contribution is 2.54. The van der Waals surface area contributed by atoms with Gasteiger partial charge in [0.05, 0.1) is 37.6 Å². The van der Waals surface area contributed by atoms with Gasteiger partial charge in [0, 0.05) is 17.6 Å². The highest BCUT2D eigenvalue weighted by atomic mass is 16.5. The van der Waals surface area contributed by atoms with E-state index < -0.39 is 11.9 Å². The van der Waals surface area contributed by atoms with Crippen molar-refractivity contribution in [2.75, 3.05) is 26.4 Å². The number of hydrogen-bond acceptors (Lipinski definition) is 10. The van der Waals surface area contributed by atoms with E-state index in [1.807, 2.05) is 72.8 Å². The Kier molecular flexibility index (Phi) is 24.4. The van der Waals surface area contributed by atoms with Crippen LogP contribution >= 0.6 is 0 Å². The van der Waals surface area contributed by atoms with Gasteiger partial charge in [0.15, 0.2) is 0 Å². The van der Waals surface area contributed by atoms with Gasteiger partial charge in [0.2, 0.25) is 0 Å². The van der Waals surface area contributed by atoms with Crippen molar-refractivity contribution in [2.45, 2.75) is 148 Å². The van der Waals surface area contributed by atoms with E-state index in [1.54, 1.807) is 24.3 Å². The van der Waals surface area contributed by atoms with Crippen LogP contribution in [-0.4, -0.2) is 50.3 Å². The summed E-state index contributed by atoms with van der Waals surface area (Å²) >= 11 is 0. The monoisotopic (exact) mass is 1090 g/mol. The second-order valence-corrected chi connectivity index (χ2v) is 21.0. The molecule has 0 saturated carbocycles. The number of esters is 4. The van der Waals surface area contributed by atoms with Crippen molar-refractivity contribution in [1.82, 2.24) is 0 Å². The molecule has 0 amide bonds. The summed E-state index contributed by atoms with van der Waals surface area (Å²) in [5.74, 6) is 0.884. The molecule has 0 bridgehead atoms. The van der Waals surface area contributed by atoms with Gasteiger partial charge in [-0.15, -0.1) is 0 Å². The number of rotatable bonds is 36. The highest BCUT2D eigenvalue weighted by Gasteiger charge is 2.41. The third kappa shape index (κ3) is 18.1. The second kappa shape index (κ2) is 32.5. The fourth-order valence-corrected chi connectivity index (χ4v) is 10.7. The minimum absolute atomic E-state index is 0.175. The van der Waals surface area contributed by atoms with Crippen LogP contribution in [0, 0.1) is 0 Å². The van der Waals surface area contributed by atoms with Crippen LogP contribution in [-0.2, 0) is 24.5 Å². The minimum Gasteiger partial charge on any atom is -0.494 e. The average Bonchev–Trinajstić information content (AvgIpc) is 2.76. The lowest BCUT2D eigenvalue weighted by Gasteiger charge is -2.30. The molecule has 7 rings (SSSR count). The quantitative estimate of drug-likeness (QED) is 0.0163. The maximum absolute atomic E-state index is 13.2. The molecule has 0 N–H and O–H groups in total. The molecule has 0 radical (unpaired) electrons. The summed E-state index contributed by atoms with van der Waals surface area (Å²) < 4.78 is 33.5. The van der Waals surface area contributed by atoms with Gasteiger partial charge in [-0.2, -0.15) is 0 Å². The molecule has 0 saturated heterocycles. The summed E-state index contributed by atoms with van der Waals surface area (Å²) in [6, 6.07) is 43.2. The van der Waals surface area contributed by atoms with Crippen LogP contribution in [0.1, 0.15) is 174 Å². The van der Waals surface area contributed by atoms with Crippen molar-refractivity contribution >= 4 is 23.9 Å². The van der Waals surface area contributed by atoms with E-state index in [0.717, 1.165) is 111 Å². The molecule has 0 unspecified atom stereocenters. The van der Waals surface area contributed by atoms with Crippen molar-refractivity contribution in [1.29, 1.82) is 0 Å². The van der Waals surface area contributed by atoms with Crippen LogP contribution in [0.2, 0.25) is 0 Å². The van der Waals surface area contributed by atoms with Crippen LogP contribution in [0.3, 0.4) is 0 Å².